The van der Waals surface area contributed by atoms with Gasteiger partial charge in [-0.25, -0.2) is 9.21 Å². The zero-order valence-corrected chi connectivity index (χ0v) is 5.61. The molecule has 0 spiro atoms. The van der Waals surface area contributed by atoms with Gasteiger partial charge in [-0.2, -0.15) is 0 Å². The van der Waals surface area contributed by atoms with Crippen molar-refractivity contribution in [1.29, 1.82) is 0 Å². The number of carbonyl (C=O) groups excluding carboxylic acids is 1. The van der Waals surface area contributed by atoms with E-state index in [0.29, 0.717) is 5.88 Å². The van der Waals surface area contributed by atoms with Gasteiger partial charge in [-0.1, -0.05) is 0 Å². The lowest BCUT2D eigenvalue weighted by Gasteiger charge is -2.05. The molecule has 0 aromatic rings. The molecule has 3 nitrogen and oxygen atoms in total. The Morgan fingerprint density at radius 1 is 1.75 bits per heavy atom. The molecule has 0 unspecified atom stereocenters. The van der Waals surface area contributed by atoms with Crippen LogP contribution in [0.2, 0.25) is 0 Å². The quantitative estimate of drug-likeness (QED) is 0.466. The molecule has 0 fully saturated rings. The second kappa shape index (κ2) is 3.80. The molecule has 0 rings (SSSR count). The number of alkyl halides is 1. The number of urea groups is 1. The first-order chi connectivity index (χ1) is 3.68. The minimum Gasteiger partial charge on any atom is -0.350 e. The Bertz CT molecular complexity index is 87.4. The van der Waals surface area contributed by atoms with Gasteiger partial charge in [-0.3, -0.25) is 0 Å². The third-order valence-electron chi connectivity index (χ3n) is 0.520. The number of carbonyl (C=O) groups is 1. The van der Waals surface area contributed by atoms with E-state index in [1.54, 1.807) is 0 Å². The van der Waals surface area contributed by atoms with E-state index >= 15 is 0 Å². The summed E-state index contributed by atoms with van der Waals surface area (Å²) in [6.07, 6.45) is 0. The Balaban J connectivity index is 3.32. The molecular formula is C3H6Cl2N2O. The first-order valence-corrected chi connectivity index (χ1v) is 2.84. The normalized spacial score (nSPS) is 8.75. The van der Waals surface area contributed by atoms with Crippen LogP contribution in [0.4, 0.5) is 4.79 Å². The van der Waals surface area contributed by atoms with E-state index in [1.165, 1.54) is 0 Å². The second-order valence-electron chi connectivity index (χ2n) is 1.11. The topological polar surface area (TPSA) is 46.3 Å². The summed E-state index contributed by atoms with van der Waals surface area (Å²) in [5.41, 5.74) is 4.72. The molecule has 0 aliphatic rings. The first-order valence-electron chi connectivity index (χ1n) is 1.97. The highest BCUT2D eigenvalue weighted by molar-refractivity contribution is 6.22. The van der Waals surface area contributed by atoms with Gasteiger partial charge in [0.15, 0.2) is 0 Å². The third kappa shape index (κ3) is 2.93. The summed E-state index contributed by atoms with van der Waals surface area (Å²) in [4.78, 5) is 10.0. The number of hydrogen-bond donors (Lipinski definition) is 1. The maximum absolute atomic E-state index is 10.0. The fraction of sp³-hybridized carbons (Fsp3) is 0.667. The molecule has 0 bridgehead atoms. The predicted octanol–water partition coefficient (Wildman–Crippen LogP) is 0.760. The Labute approximate surface area is 57.4 Å². The molecular weight excluding hydrogens is 151 g/mol. The molecule has 48 valence electrons. The van der Waals surface area contributed by atoms with Crippen LogP contribution in [-0.2, 0) is 0 Å². The molecule has 0 aromatic heterocycles. The lowest BCUT2D eigenvalue weighted by atomic mass is 10.7. The van der Waals surface area contributed by atoms with Gasteiger partial charge in [-0.05, 0) is 0 Å². The number of halogens is 2. The number of primary amides is 1. The van der Waals surface area contributed by atoms with Crippen molar-refractivity contribution in [3.63, 3.8) is 0 Å². The summed E-state index contributed by atoms with van der Waals surface area (Å²) in [5, 5.41) is 0. The predicted molar refractivity (Wildman–Crippen MR) is 32.9 cm³/mol. The van der Waals surface area contributed by atoms with Gasteiger partial charge >= 0.3 is 6.03 Å². The molecule has 0 saturated carbocycles. The summed E-state index contributed by atoms with van der Waals surface area (Å²) in [6.45, 7) is 0.276. The van der Waals surface area contributed by atoms with Crippen molar-refractivity contribution in [1.82, 2.24) is 4.42 Å². The molecule has 8 heavy (non-hydrogen) atoms. The summed E-state index contributed by atoms with van der Waals surface area (Å²) in [5.74, 6) is 0.298. The number of hydrogen-bond acceptors (Lipinski definition) is 1. The van der Waals surface area contributed by atoms with Crippen molar-refractivity contribution >= 4 is 29.4 Å². The Hall–Kier alpha value is -0.150. The summed E-state index contributed by atoms with van der Waals surface area (Å²) >= 11 is 10.4. The van der Waals surface area contributed by atoms with E-state index < -0.39 is 6.03 Å². The first kappa shape index (κ1) is 7.85. The van der Waals surface area contributed by atoms with Gasteiger partial charge < -0.3 is 5.73 Å². The van der Waals surface area contributed by atoms with E-state index in [-0.39, 0.29) is 6.54 Å². The van der Waals surface area contributed by atoms with E-state index in [2.05, 4.69) is 0 Å². The minimum atomic E-state index is -0.674. The zero-order chi connectivity index (χ0) is 6.57. The van der Waals surface area contributed by atoms with Crippen LogP contribution in [0, 0.1) is 0 Å². The SMILES string of the molecule is NC(=O)N(Cl)CCCl. The van der Waals surface area contributed by atoms with Crippen molar-refractivity contribution < 1.29 is 4.79 Å². The fourth-order valence-corrected chi connectivity index (χ4v) is 0.524. The lowest BCUT2D eigenvalue weighted by Crippen LogP contribution is -2.28. The van der Waals surface area contributed by atoms with E-state index in [4.69, 9.17) is 29.1 Å². The summed E-state index contributed by atoms with van der Waals surface area (Å²) in [7, 11) is 0. The van der Waals surface area contributed by atoms with Crippen LogP contribution in [0.3, 0.4) is 0 Å². The van der Waals surface area contributed by atoms with Crippen LogP contribution in [0.1, 0.15) is 0 Å². The van der Waals surface area contributed by atoms with Gasteiger partial charge in [0.25, 0.3) is 0 Å². The van der Waals surface area contributed by atoms with Crippen LogP contribution >= 0.6 is 23.4 Å². The molecule has 0 heterocycles. The average molecular weight is 157 g/mol. The highest BCUT2D eigenvalue weighted by atomic mass is 35.5. The number of amides is 2. The van der Waals surface area contributed by atoms with E-state index in [9.17, 15) is 4.79 Å². The smallest absolute Gasteiger partial charge is 0.329 e. The number of nitrogens with two attached hydrogens (primary N) is 1. The molecule has 0 aliphatic carbocycles. The minimum absolute atomic E-state index is 0.276. The number of nitrogens with zero attached hydrogens (tertiary/aromatic N) is 1. The Morgan fingerprint density at radius 3 is 2.38 bits per heavy atom. The Kier molecular flexibility index (Phi) is 3.73. The van der Waals surface area contributed by atoms with Crippen molar-refractivity contribution in [3.05, 3.63) is 0 Å². The second-order valence-corrected chi connectivity index (χ2v) is 1.90. The maximum Gasteiger partial charge on any atom is 0.329 e. The molecule has 2 N–H and O–H groups in total. The highest BCUT2D eigenvalue weighted by Gasteiger charge is 2.01. The lowest BCUT2D eigenvalue weighted by molar-refractivity contribution is 0.235. The van der Waals surface area contributed by atoms with Gasteiger partial charge in [0.1, 0.15) is 0 Å². The zero-order valence-electron chi connectivity index (χ0n) is 4.10. The van der Waals surface area contributed by atoms with Crippen LogP contribution in [-0.4, -0.2) is 22.9 Å². The summed E-state index contributed by atoms with van der Waals surface area (Å²) in [6, 6.07) is -0.674. The molecule has 0 aromatic carbocycles. The molecule has 0 aliphatic heterocycles. The van der Waals surface area contributed by atoms with Crippen LogP contribution in [0.25, 0.3) is 0 Å². The van der Waals surface area contributed by atoms with Crippen molar-refractivity contribution in [2.75, 3.05) is 12.4 Å². The van der Waals surface area contributed by atoms with E-state index in [1.807, 2.05) is 0 Å². The Morgan fingerprint density at radius 2 is 2.25 bits per heavy atom. The largest absolute Gasteiger partial charge is 0.350 e. The molecule has 0 radical (unpaired) electrons. The molecule has 0 atom stereocenters. The van der Waals surface area contributed by atoms with Crippen molar-refractivity contribution in [2.24, 2.45) is 5.73 Å². The standard InChI is InChI=1S/C3H6Cl2N2O/c4-1-2-7(5)3(6)8/h1-2H2,(H2,6,8). The fourth-order valence-electron chi connectivity index (χ4n) is 0.184. The van der Waals surface area contributed by atoms with Gasteiger partial charge in [0, 0.05) is 17.7 Å². The molecule has 0 saturated heterocycles. The van der Waals surface area contributed by atoms with Gasteiger partial charge in [0.05, 0.1) is 6.54 Å². The van der Waals surface area contributed by atoms with E-state index in [0.717, 1.165) is 4.42 Å². The third-order valence-corrected chi connectivity index (χ3v) is 1.02. The van der Waals surface area contributed by atoms with Gasteiger partial charge in [0.2, 0.25) is 0 Å². The van der Waals surface area contributed by atoms with Gasteiger partial charge in [-0.15, -0.1) is 11.6 Å². The molecule has 5 heteroatoms. The van der Waals surface area contributed by atoms with Crippen molar-refractivity contribution in [3.8, 4) is 0 Å². The number of rotatable bonds is 2. The summed E-state index contributed by atoms with van der Waals surface area (Å²) < 4.78 is 0.826. The monoisotopic (exact) mass is 156 g/mol. The van der Waals surface area contributed by atoms with Crippen LogP contribution in [0.15, 0.2) is 0 Å². The molecule has 2 amide bonds. The highest BCUT2D eigenvalue weighted by Crippen LogP contribution is 1.92. The maximum atomic E-state index is 10.0. The van der Waals surface area contributed by atoms with Crippen LogP contribution in [0.5, 0.6) is 0 Å². The van der Waals surface area contributed by atoms with Crippen LogP contribution < -0.4 is 5.73 Å². The average Bonchev–Trinajstić information content (AvgIpc) is 1.67. The van der Waals surface area contributed by atoms with Crippen molar-refractivity contribution in [2.45, 2.75) is 0 Å².